The number of aryl methyl sites for hydroxylation is 1. The van der Waals surface area contributed by atoms with Crippen molar-refractivity contribution in [3.63, 3.8) is 0 Å². The van der Waals surface area contributed by atoms with E-state index in [1.54, 1.807) is 6.20 Å². The van der Waals surface area contributed by atoms with Crippen LogP contribution in [-0.4, -0.2) is 25.4 Å². The number of hydrogen-bond donors (Lipinski definition) is 1. The Morgan fingerprint density at radius 1 is 1.48 bits per heavy atom. The van der Waals surface area contributed by atoms with Crippen LogP contribution in [-0.2, 0) is 17.8 Å². The molecule has 0 fully saturated rings. The molecular formula is C14H13F2N5O2. The Labute approximate surface area is 129 Å². The third-order valence-electron chi connectivity index (χ3n) is 3.26. The Balaban J connectivity index is 1.63. The van der Waals surface area contributed by atoms with E-state index in [9.17, 15) is 13.6 Å². The van der Waals surface area contributed by atoms with Crippen LogP contribution < -0.4 is 5.32 Å². The summed E-state index contributed by atoms with van der Waals surface area (Å²) >= 11 is 0. The van der Waals surface area contributed by atoms with Gasteiger partial charge in [-0.05, 0) is 18.6 Å². The summed E-state index contributed by atoms with van der Waals surface area (Å²) in [6.07, 6.45) is 0.749. The van der Waals surface area contributed by atoms with Gasteiger partial charge in [-0.2, -0.15) is 4.98 Å². The second kappa shape index (κ2) is 6.11. The van der Waals surface area contributed by atoms with Crippen LogP contribution in [0.3, 0.4) is 0 Å². The fourth-order valence-corrected chi connectivity index (χ4v) is 2.16. The number of alkyl halides is 2. The minimum atomic E-state index is -2.80. The van der Waals surface area contributed by atoms with Crippen LogP contribution in [0.15, 0.2) is 29.0 Å². The average Bonchev–Trinajstić information content (AvgIpc) is 3.14. The number of nitrogens with one attached hydrogen (secondary N) is 1. The van der Waals surface area contributed by atoms with E-state index < -0.39 is 12.2 Å². The van der Waals surface area contributed by atoms with Gasteiger partial charge >= 0.3 is 6.43 Å². The first-order valence-electron chi connectivity index (χ1n) is 6.83. The zero-order chi connectivity index (χ0) is 16.4. The summed E-state index contributed by atoms with van der Waals surface area (Å²) in [6, 6.07) is 3.80. The van der Waals surface area contributed by atoms with E-state index in [1.165, 1.54) is 0 Å². The predicted molar refractivity (Wildman–Crippen MR) is 74.7 cm³/mol. The van der Waals surface area contributed by atoms with Crippen LogP contribution in [0.25, 0.3) is 5.65 Å². The average molecular weight is 321 g/mol. The molecule has 3 aromatic heterocycles. The lowest BCUT2D eigenvalue weighted by Crippen LogP contribution is -2.25. The molecule has 3 heterocycles. The van der Waals surface area contributed by atoms with Gasteiger partial charge in [-0.3, -0.25) is 4.79 Å². The molecule has 3 aromatic rings. The van der Waals surface area contributed by atoms with Crippen LogP contribution in [0.2, 0.25) is 0 Å². The molecule has 0 spiro atoms. The quantitative estimate of drug-likeness (QED) is 0.775. The number of imidazole rings is 1. The van der Waals surface area contributed by atoms with Crippen LogP contribution in [0.4, 0.5) is 8.78 Å². The van der Waals surface area contributed by atoms with Crippen molar-refractivity contribution in [1.82, 2.24) is 24.8 Å². The summed E-state index contributed by atoms with van der Waals surface area (Å²) < 4.78 is 31.1. The number of carbonyl (C=O) groups is 1. The maximum absolute atomic E-state index is 12.3. The number of halogens is 2. The number of fused-ring (bicyclic) bond motifs is 1. The first kappa shape index (κ1) is 15.1. The molecule has 0 saturated heterocycles. The Morgan fingerprint density at radius 2 is 2.30 bits per heavy atom. The van der Waals surface area contributed by atoms with Crippen molar-refractivity contribution in [2.24, 2.45) is 0 Å². The lowest BCUT2D eigenvalue weighted by Gasteiger charge is -2.03. The highest BCUT2D eigenvalue weighted by molar-refractivity contribution is 5.78. The van der Waals surface area contributed by atoms with Crippen molar-refractivity contribution in [1.29, 1.82) is 0 Å². The molecule has 0 unspecified atom stereocenters. The van der Waals surface area contributed by atoms with Gasteiger partial charge < -0.3 is 14.2 Å². The van der Waals surface area contributed by atoms with E-state index in [-0.39, 0.29) is 24.8 Å². The van der Waals surface area contributed by atoms with E-state index in [2.05, 4.69) is 25.0 Å². The monoisotopic (exact) mass is 321 g/mol. The minimum Gasteiger partial charge on any atom is -0.347 e. The normalized spacial score (nSPS) is 11.3. The highest BCUT2D eigenvalue weighted by atomic mass is 19.3. The second-order valence-corrected chi connectivity index (χ2v) is 4.93. The smallest absolute Gasteiger partial charge is 0.300 e. The van der Waals surface area contributed by atoms with Crippen LogP contribution in [0.1, 0.15) is 29.4 Å². The molecule has 0 aliphatic rings. The van der Waals surface area contributed by atoms with E-state index in [0.29, 0.717) is 0 Å². The van der Waals surface area contributed by atoms with Gasteiger partial charge in [0.2, 0.25) is 17.6 Å². The first-order chi connectivity index (χ1) is 11.0. The number of rotatable bonds is 5. The zero-order valence-electron chi connectivity index (χ0n) is 12.2. The van der Waals surface area contributed by atoms with Gasteiger partial charge in [-0.1, -0.05) is 11.2 Å². The predicted octanol–water partition coefficient (Wildman–Crippen LogP) is 1.82. The van der Waals surface area contributed by atoms with Gasteiger partial charge in [0.1, 0.15) is 5.65 Å². The van der Waals surface area contributed by atoms with Crippen LogP contribution in [0, 0.1) is 6.92 Å². The van der Waals surface area contributed by atoms with Crippen LogP contribution >= 0.6 is 0 Å². The number of aromatic nitrogens is 4. The lowest BCUT2D eigenvalue weighted by atomic mass is 10.3. The van der Waals surface area contributed by atoms with E-state index in [1.807, 2.05) is 29.7 Å². The second-order valence-electron chi connectivity index (χ2n) is 4.93. The number of amides is 1. The van der Waals surface area contributed by atoms with Crippen molar-refractivity contribution in [2.75, 3.05) is 0 Å². The molecule has 1 N–H and O–H groups in total. The molecular weight excluding hydrogens is 308 g/mol. The zero-order valence-corrected chi connectivity index (χ0v) is 12.2. The molecule has 7 nitrogen and oxygen atoms in total. The summed E-state index contributed by atoms with van der Waals surface area (Å²) in [5.74, 6) is -1.06. The van der Waals surface area contributed by atoms with Crippen molar-refractivity contribution >= 4 is 11.6 Å². The molecule has 1 amide bonds. The Hall–Kier alpha value is -2.84. The molecule has 0 radical (unpaired) electrons. The van der Waals surface area contributed by atoms with E-state index in [0.717, 1.165) is 16.9 Å². The Kier molecular flexibility index (Phi) is 4.00. The summed E-state index contributed by atoms with van der Waals surface area (Å²) in [5, 5.41) is 5.67. The molecule has 0 aliphatic carbocycles. The summed E-state index contributed by atoms with van der Waals surface area (Å²) in [5.41, 5.74) is 2.51. The van der Waals surface area contributed by atoms with Gasteiger partial charge in [-0.15, -0.1) is 0 Å². The number of pyridine rings is 1. The SMILES string of the molecule is Cc1cccn2c(CC(=O)NCc3nc(C(F)F)no3)cnc12. The van der Waals surface area contributed by atoms with Gasteiger partial charge in [0.25, 0.3) is 0 Å². The van der Waals surface area contributed by atoms with Crippen molar-refractivity contribution < 1.29 is 18.1 Å². The largest absolute Gasteiger partial charge is 0.347 e. The van der Waals surface area contributed by atoms with E-state index in [4.69, 9.17) is 0 Å². The van der Waals surface area contributed by atoms with Gasteiger partial charge in [0.05, 0.1) is 18.7 Å². The summed E-state index contributed by atoms with van der Waals surface area (Å²) in [6.45, 7) is 1.83. The summed E-state index contributed by atoms with van der Waals surface area (Å²) in [4.78, 5) is 19.7. The Morgan fingerprint density at radius 3 is 3.04 bits per heavy atom. The topological polar surface area (TPSA) is 85.3 Å². The molecule has 0 aliphatic heterocycles. The van der Waals surface area contributed by atoms with E-state index >= 15 is 0 Å². The van der Waals surface area contributed by atoms with Crippen molar-refractivity contribution in [3.8, 4) is 0 Å². The Bertz CT molecular complexity index is 843. The molecule has 0 saturated carbocycles. The number of hydrogen-bond acceptors (Lipinski definition) is 5. The highest BCUT2D eigenvalue weighted by Gasteiger charge is 2.16. The summed E-state index contributed by atoms with van der Waals surface area (Å²) in [7, 11) is 0. The number of carbonyl (C=O) groups excluding carboxylic acids is 1. The molecule has 120 valence electrons. The fourth-order valence-electron chi connectivity index (χ4n) is 2.16. The third kappa shape index (κ3) is 3.17. The lowest BCUT2D eigenvalue weighted by molar-refractivity contribution is -0.120. The van der Waals surface area contributed by atoms with Crippen molar-refractivity contribution in [3.05, 3.63) is 47.5 Å². The first-order valence-corrected chi connectivity index (χ1v) is 6.83. The molecule has 23 heavy (non-hydrogen) atoms. The standard InChI is InChI=1S/C14H13F2N5O2/c1-8-3-2-4-21-9(6-18-14(8)21)5-10(22)17-7-11-19-13(12(15)16)20-23-11/h2-4,6,12H,5,7H2,1H3,(H,17,22). The number of nitrogens with zero attached hydrogens (tertiary/aromatic N) is 4. The molecule has 3 rings (SSSR count). The molecule has 9 heteroatoms. The van der Waals surface area contributed by atoms with Gasteiger partial charge in [0, 0.05) is 12.4 Å². The van der Waals surface area contributed by atoms with Gasteiger partial charge in [-0.25, -0.2) is 13.8 Å². The third-order valence-corrected chi connectivity index (χ3v) is 3.26. The minimum absolute atomic E-state index is 0.0670. The highest BCUT2D eigenvalue weighted by Crippen LogP contribution is 2.14. The van der Waals surface area contributed by atoms with Crippen molar-refractivity contribution in [2.45, 2.75) is 26.3 Å². The molecule has 0 bridgehead atoms. The van der Waals surface area contributed by atoms with Gasteiger partial charge in [0.15, 0.2) is 0 Å². The maximum Gasteiger partial charge on any atom is 0.300 e. The maximum atomic E-state index is 12.3. The fraction of sp³-hybridized carbons (Fsp3) is 0.286. The van der Waals surface area contributed by atoms with Crippen LogP contribution in [0.5, 0.6) is 0 Å². The molecule has 0 atom stereocenters. The molecule has 0 aromatic carbocycles.